The van der Waals surface area contributed by atoms with Crippen molar-refractivity contribution in [2.45, 2.75) is 17.7 Å². The van der Waals surface area contributed by atoms with Gasteiger partial charge in [-0.3, -0.25) is 9.59 Å². The van der Waals surface area contributed by atoms with Gasteiger partial charge in [-0.1, -0.05) is 0 Å². The molecule has 1 saturated carbocycles. The second-order valence-electron chi connectivity index (χ2n) is 6.57. The third-order valence-corrected chi connectivity index (χ3v) is 5.73. The van der Waals surface area contributed by atoms with Gasteiger partial charge < -0.3 is 19.3 Å². The molecular weight excluding hydrogens is 340 g/mol. The van der Waals surface area contributed by atoms with Crippen molar-refractivity contribution in [2.24, 2.45) is 5.92 Å². The molecule has 0 N–H and O–H groups in total. The van der Waals surface area contributed by atoms with Crippen LogP contribution < -0.4 is 9.47 Å². The Morgan fingerprint density at radius 3 is 2.40 bits per heavy atom. The van der Waals surface area contributed by atoms with E-state index in [1.165, 1.54) is 11.8 Å². The first-order chi connectivity index (χ1) is 12.2. The maximum absolute atomic E-state index is 12.4. The van der Waals surface area contributed by atoms with Gasteiger partial charge in [0.25, 0.3) is 0 Å². The highest BCUT2D eigenvalue weighted by Crippen LogP contribution is 2.34. The topological polar surface area (TPSA) is 59.1 Å². The predicted molar refractivity (Wildman–Crippen MR) is 94.0 cm³/mol. The number of nitrogens with zero attached hydrogens (tertiary/aromatic N) is 2. The van der Waals surface area contributed by atoms with Crippen LogP contribution in [0.2, 0.25) is 0 Å². The van der Waals surface area contributed by atoms with Crippen molar-refractivity contribution >= 4 is 23.6 Å². The third kappa shape index (κ3) is 3.86. The molecule has 0 radical (unpaired) electrons. The molecule has 2 aliphatic heterocycles. The molecule has 0 unspecified atom stereocenters. The zero-order chi connectivity index (χ0) is 17.2. The van der Waals surface area contributed by atoms with Crippen LogP contribution in [-0.2, 0) is 9.59 Å². The number of hydrogen-bond donors (Lipinski definition) is 0. The van der Waals surface area contributed by atoms with Crippen LogP contribution in [0.3, 0.4) is 0 Å². The van der Waals surface area contributed by atoms with Crippen LogP contribution in [0.1, 0.15) is 12.8 Å². The summed E-state index contributed by atoms with van der Waals surface area (Å²) < 4.78 is 11.1. The molecule has 2 heterocycles. The molecule has 4 rings (SSSR count). The van der Waals surface area contributed by atoms with Crippen LogP contribution in [-0.4, -0.2) is 66.8 Å². The molecule has 1 saturated heterocycles. The molecule has 1 aliphatic carbocycles. The third-order valence-electron chi connectivity index (χ3n) is 4.75. The first-order valence-corrected chi connectivity index (χ1v) is 9.78. The summed E-state index contributed by atoms with van der Waals surface area (Å²) in [5.74, 6) is 2.56. The molecule has 134 valence electrons. The second kappa shape index (κ2) is 7.15. The van der Waals surface area contributed by atoms with Gasteiger partial charge in [0.05, 0.1) is 5.75 Å². The Hall–Kier alpha value is -1.89. The van der Waals surface area contributed by atoms with Crippen molar-refractivity contribution in [3.8, 4) is 11.5 Å². The van der Waals surface area contributed by atoms with Gasteiger partial charge in [-0.25, -0.2) is 0 Å². The normalized spacial score (nSPS) is 19.7. The summed E-state index contributed by atoms with van der Waals surface area (Å²) in [5, 5.41) is 0. The lowest BCUT2D eigenvalue weighted by Gasteiger charge is -2.35. The number of ether oxygens (including phenoxy) is 2. The Balaban J connectivity index is 1.26. The van der Waals surface area contributed by atoms with Crippen molar-refractivity contribution in [3.63, 3.8) is 0 Å². The molecule has 0 spiro atoms. The van der Waals surface area contributed by atoms with Crippen molar-refractivity contribution < 1.29 is 19.1 Å². The van der Waals surface area contributed by atoms with E-state index < -0.39 is 0 Å². The van der Waals surface area contributed by atoms with Crippen molar-refractivity contribution in [3.05, 3.63) is 18.2 Å². The van der Waals surface area contributed by atoms with E-state index in [0.29, 0.717) is 45.1 Å². The number of thioether (sulfide) groups is 1. The highest BCUT2D eigenvalue weighted by molar-refractivity contribution is 8.00. The Morgan fingerprint density at radius 1 is 1.00 bits per heavy atom. The van der Waals surface area contributed by atoms with Gasteiger partial charge in [0.2, 0.25) is 11.8 Å². The van der Waals surface area contributed by atoms with Gasteiger partial charge in [-0.2, -0.15) is 0 Å². The molecule has 6 nitrogen and oxygen atoms in total. The fourth-order valence-electron chi connectivity index (χ4n) is 3.11. The van der Waals surface area contributed by atoms with Crippen LogP contribution in [0.25, 0.3) is 0 Å². The molecule has 3 aliphatic rings. The van der Waals surface area contributed by atoms with Gasteiger partial charge in [-0.05, 0) is 31.0 Å². The number of rotatable bonds is 4. The molecule has 7 heteroatoms. The number of benzene rings is 1. The quantitative estimate of drug-likeness (QED) is 0.762. The molecule has 1 aromatic rings. The summed E-state index contributed by atoms with van der Waals surface area (Å²) in [6.07, 6.45) is 2.06. The molecule has 0 bridgehead atoms. The summed E-state index contributed by atoms with van der Waals surface area (Å²) in [4.78, 5) is 29.3. The van der Waals surface area contributed by atoms with Gasteiger partial charge in [0.15, 0.2) is 11.5 Å². The van der Waals surface area contributed by atoms with Crippen LogP contribution in [0.4, 0.5) is 0 Å². The SMILES string of the molecule is O=C(CSc1ccc2c(c1)OCCO2)N1CCN(C(=O)C2CC2)CC1. The fourth-order valence-corrected chi connectivity index (χ4v) is 3.94. The van der Waals surface area contributed by atoms with Crippen LogP contribution in [0.5, 0.6) is 11.5 Å². The van der Waals surface area contributed by atoms with E-state index in [-0.39, 0.29) is 17.7 Å². The van der Waals surface area contributed by atoms with E-state index in [1.54, 1.807) is 0 Å². The van der Waals surface area contributed by atoms with Crippen molar-refractivity contribution in [1.82, 2.24) is 9.80 Å². The maximum Gasteiger partial charge on any atom is 0.233 e. The van der Waals surface area contributed by atoms with Crippen molar-refractivity contribution in [2.75, 3.05) is 45.1 Å². The molecule has 25 heavy (non-hydrogen) atoms. The number of fused-ring (bicyclic) bond motifs is 1. The minimum absolute atomic E-state index is 0.124. The molecule has 2 amide bonds. The Bertz CT molecular complexity index is 669. The number of carbonyl (C=O) groups is 2. The summed E-state index contributed by atoms with van der Waals surface area (Å²) in [5.41, 5.74) is 0. The summed E-state index contributed by atoms with van der Waals surface area (Å²) in [6.45, 7) is 3.74. The van der Waals surface area contributed by atoms with Crippen LogP contribution >= 0.6 is 11.8 Å². The highest BCUT2D eigenvalue weighted by atomic mass is 32.2. The first-order valence-electron chi connectivity index (χ1n) is 8.80. The smallest absolute Gasteiger partial charge is 0.233 e. The van der Waals surface area contributed by atoms with Crippen molar-refractivity contribution in [1.29, 1.82) is 0 Å². The summed E-state index contributed by atoms with van der Waals surface area (Å²) in [6, 6.07) is 5.78. The van der Waals surface area contributed by atoms with Gasteiger partial charge in [-0.15, -0.1) is 11.8 Å². The Morgan fingerprint density at radius 2 is 1.68 bits per heavy atom. The van der Waals surface area contributed by atoms with Gasteiger partial charge in [0.1, 0.15) is 13.2 Å². The average molecular weight is 362 g/mol. The van der Waals surface area contributed by atoms with E-state index in [9.17, 15) is 9.59 Å². The fraction of sp³-hybridized carbons (Fsp3) is 0.556. The predicted octanol–water partition coefficient (Wildman–Crippen LogP) is 1.63. The average Bonchev–Trinajstić information content (AvgIpc) is 3.51. The van der Waals surface area contributed by atoms with Crippen LogP contribution in [0.15, 0.2) is 23.1 Å². The number of carbonyl (C=O) groups excluding carboxylic acids is 2. The molecule has 2 fully saturated rings. The number of piperazine rings is 1. The molecular formula is C18H22N2O4S. The minimum Gasteiger partial charge on any atom is -0.486 e. The highest BCUT2D eigenvalue weighted by Gasteiger charge is 2.35. The lowest BCUT2D eigenvalue weighted by molar-refractivity contribution is -0.139. The zero-order valence-electron chi connectivity index (χ0n) is 14.1. The van der Waals surface area contributed by atoms with Crippen LogP contribution in [0, 0.1) is 5.92 Å². The standard InChI is InChI=1S/C18H22N2O4S/c21-17(19-5-7-20(8-6-19)18(22)13-1-2-13)12-25-14-3-4-15-16(11-14)24-10-9-23-15/h3-4,11,13H,1-2,5-10,12H2. The number of hydrogen-bond acceptors (Lipinski definition) is 5. The van der Waals surface area contributed by atoms with E-state index in [4.69, 9.17) is 9.47 Å². The second-order valence-corrected chi connectivity index (χ2v) is 7.62. The van der Waals surface area contributed by atoms with Gasteiger partial charge >= 0.3 is 0 Å². The number of amides is 2. The van der Waals surface area contributed by atoms with E-state index in [1.807, 2.05) is 28.0 Å². The maximum atomic E-state index is 12.4. The Labute approximate surface area is 151 Å². The minimum atomic E-state index is 0.124. The van der Waals surface area contributed by atoms with E-state index in [0.717, 1.165) is 29.2 Å². The van der Waals surface area contributed by atoms with E-state index >= 15 is 0 Å². The monoisotopic (exact) mass is 362 g/mol. The summed E-state index contributed by atoms with van der Waals surface area (Å²) >= 11 is 1.51. The molecule has 1 aromatic carbocycles. The Kier molecular flexibility index (Phi) is 4.74. The molecule has 0 atom stereocenters. The first kappa shape index (κ1) is 16.6. The van der Waals surface area contributed by atoms with E-state index in [2.05, 4.69) is 0 Å². The lowest BCUT2D eigenvalue weighted by Crippen LogP contribution is -2.51. The summed E-state index contributed by atoms with van der Waals surface area (Å²) in [7, 11) is 0. The molecule has 0 aromatic heterocycles. The lowest BCUT2D eigenvalue weighted by atomic mass is 10.2. The van der Waals surface area contributed by atoms with Gasteiger partial charge in [0, 0.05) is 37.0 Å². The largest absolute Gasteiger partial charge is 0.486 e. The zero-order valence-corrected chi connectivity index (χ0v) is 14.9.